The molecule has 3 amide bonds. The number of nitrogens with one attached hydrogen (secondary N) is 2. The van der Waals surface area contributed by atoms with Gasteiger partial charge in [0.1, 0.15) is 13.2 Å². The first-order valence-electron chi connectivity index (χ1n) is 8.60. The molecular formula is C19H19Cl2N3O5S. The number of benzene rings is 2. The van der Waals surface area contributed by atoms with Crippen LogP contribution in [0, 0.1) is 0 Å². The average Bonchev–Trinajstić information content (AvgIpc) is 2.66. The third kappa shape index (κ3) is 7.01. The van der Waals surface area contributed by atoms with Gasteiger partial charge in [-0.2, -0.15) is 0 Å². The van der Waals surface area contributed by atoms with Gasteiger partial charge in [-0.1, -0.05) is 36.0 Å². The number of carbonyl (C=O) groups excluding carboxylic acids is 3. The number of anilines is 3. The number of hydrogen-bond donors (Lipinski definition) is 3. The molecule has 2 rings (SSSR count). The molecule has 0 aliphatic heterocycles. The first-order valence-corrected chi connectivity index (χ1v) is 9.76. The van der Waals surface area contributed by atoms with Crippen LogP contribution in [0.4, 0.5) is 21.9 Å². The minimum Gasteiger partial charge on any atom is -0.487 e. The van der Waals surface area contributed by atoms with Gasteiger partial charge in [0.25, 0.3) is 0 Å². The number of rotatable bonds is 7. The first-order chi connectivity index (χ1) is 14.2. The van der Waals surface area contributed by atoms with Crippen LogP contribution >= 0.6 is 36.0 Å². The number of hydrogen-bond acceptors (Lipinski definition) is 6. The topological polar surface area (TPSA) is 97.0 Å². The van der Waals surface area contributed by atoms with Gasteiger partial charge in [0, 0.05) is 25.2 Å². The minimum absolute atomic E-state index is 0.0472. The Morgan fingerprint density at radius 1 is 0.967 bits per heavy atom. The van der Waals surface area contributed by atoms with Crippen molar-refractivity contribution in [3.05, 3.63) is 46.4 Å². The van der Waals surface area contributed by atoms with E-state index in [1.807, 2.05) is 0 Å². The van der Waals surface area contributed by atoms with Crippen molar-refractivity contribution in [2.75, 3.05) is 28.2 Å². The predicted octanol–water partition coefficient (Wildman–Crippen LogP) is 4.78. The molecule has 0 fully saturated rings. The van der Waals surface area contributed by atoms with Gasteiger partial charge in [-0.15, -0.1) is 0 Å². The van der Waals surface area contributed by atoms with Crippen molar-refractivity contribution in [3.8, 4) is 5.75 Å². The van der Waals surface area contributed by atoms with Crippen molar-refractivity contribution in [1.82, 2.24) is 0 Å². The van der Waals surface area contributed by atoms with Crippen molar-refractivity contribution in [3.63, 3.8) is 0 Å². The van der Waals surface area contributed by atoms with Gasteiger partial charge in [-0.3, -0.25) is 9.59 Å². The van der Waals surface area contributed by atoms with Gasteiger partial charge in [0.15, 0.2) is 5.75 Å². The maximum atomic E-state index is 12.5. The van der Waals surface area contributed by atoms with Crippen LogP contribution in [-0.2, 0) is 14.3 Å². The second kappa shape index (κ2) is 11.0. The highest BCUT2D eigenvalue weighted by Crippen LogP contribution is 2.37. The summed E-state index contributed by atoms with van der Waals surface area (Å²) < 4.78 is 11.2. The normalized spacial score (nSPS) is 10.2. The van der Waals surface area contributed by atoms with E-state index in [1.54, 1.807) is 24.3 Å². The van der Waals surface area contributed by atoms with E-state index in [0.29, 0.717) is 17.1 Å². The minimum atomic E-state index is -0.554. The molecule has 0 atom stereocenters. The first kappa shape index (κ1) is 23.7. The fourth-order valence-electron chi connectivity index (χ4n) is 2.27. The van der Waals surface area contributed by atoms with Gasteiger partial charge in [0.05, 0.1) is 15.7 Å². The number of urea groups is 1. The van der Waals surface area contributed by atoms with Gasteiger partial charge in [0.2, 0.25) is 5.91 Å². The smallest absolute Gasteiger partial charge is 0.336 e. The van der Waals surface area contributed by atoms with E-state index in [0.717, 1.165) is 4.31 Å². The lowest BCUT2D eigenvalue weighted by atomic mass is 10.2. The Balaban J connectivity index is 2.03. The molecule has 0 saturated carbocycles. The third-order valence-electron chi connectivity index (χ3n) is 3.51. The Morgan fingerprint density at radius 2 is 1.50 bits per heavy atom. The maximum absolute atomic E-state index is 12.5. The quantitative estimate of drug-likeness (QED) is 0.306. The van der Waals surface area contributed by atoms with Crippen LogP contribution in [0.2, 0.25) is 10.0 Å². The SMILES string of the molecule is CC(=O)Nc1ccc(NC(=O)N(S)c2cc(Cl)c(OCCOC(C)=O)c(Cl)c2)cc1. The predicted molar refractivity (Wildman–Crippen MR) is 120 cm³/mol. The number of nitrogens with zero attached hydrogens (tertiary/aromatic N) is 1. The summed E-state index contributed by atoms with van der Waals surface area (Å²) in [6.07, 6.45) is 0. The van der Waals surface area contributed by atoms with E-state index < -0.39 is 12.0 Å². The van der Waals surface area contributed by atoms with E-state index in [1.165, 1.54) is 26.0 Å². The van der Waals surface area contributed by atoms with Crippen molar-refractivity contribution in [2.45, 2.75) is 13.8 Å². The highest BCUT2D eigenvalue weighted by molar-refractivity contribution is 7.82. The van der Waals surface area contributed by atoms with E-state index >= 15 is 0 Å². The number of ether oxygens (including phenoxy) is 2. The summed E-state index contributed by atoms with van der Waals surface area (Å²) in [5.74, 6) is -0.418. The van der Waals surface area contributed by atoms with Crippen LogP contribution in [0.5, 0.6) is 5.75 Å². The molecule has 0 spiro atoms. The molecule has 160 valence electrons. The summed E-state index contributed by atoms with van der Waals surface area (Å²) in [6.45, 7) is 2.81. The van der Waals surface area contributed by atoms with Crippen LogP contribution in [-0.4, -0.2) is 31.1 Å². The summed E-state index contributed by atoms with van der Waals surface area (Å²) >= 11 is 16.6. The van der Waals surface area contributed by atoms with E-state index in [9.17, 15) is 14.4 Å². The molecule has 0 aromatic heterocycles. The highest BCUT2D eigenvalue weighted by Gasteiger charge is 2.17. The molecular weight excluding hydrogens is 453 g/mol. The molecule has 30 heavy (non-hydrogen) atoms. The molecule has 0 aliphatic rings. The van der Waals surface area contributed by atoms with Crippen LogP contribution in [0.1, 0.15) is 13.8 Å². The van der Waals surface area contributed by atoms with Gasteiger partial charge >= 0.3 is 12.0 Å². The molecule has 0 heterocycles. The summed E-state index contributed by atoms with van der Waals surface area (Å²) in [6, 6.07) is 8.92. The number of carbonyl (C=O) groups is 3. The molecule has 2 aromatic rings. The number of halogens is 2. The number of esters is 1. The van der Waals surface area contributed by atoms with E-state index in [2.05, 4.69) is 23.4 Å². The zero-order valence-corrected chi connectivity index (χ0v) is 18.5. The van der Waals surface area contributed by atoms with Crippen LogP contribution in [0.25, 0.3) is 0 Å². The zero-order chi connectivity index (χ0) is 22.3. The number of amides is 3. The second-order valence-corrected chi connectivity index (χ2v) is 7.14. The zero-order valence-electron chi connectivity index (χ0n) is 16.1. The Hall–Kier alpha value is -2.62. The fraction of sp³-hybridized carbons (Fsp3) is 0.211. The lowest BCUT2D eigenvalue weighted by Crippen LogP contribution is -2.26. The van der Waals surface area contributed by atoms with Crippen LogP contribution in [0.3, 0.4) is 0 Å². The standard InChI is InChI=1S/C19H19Cl2N3O5S/c1-11(25)22-13-3-5-14(6-4-13)23-19(27)24(30)15-9-16(20)18(17(21)10-15)29-8-7-28-12(2)26/h3-6,9-10,30H,7-8H2,1-2H3,(H,22,25)(H,23,27). The third-order valence-corrected chi connectivity index (χ3v) is 4.49. The molecule has 0 saturated heterocycles. The summed E-state index contributed by atoms with van der Waals surface area (Å²) in [4.78, 5) is 34.3. The largest absolute Gasteiger partial charge is 0.487 e. The Kier molecular flexibility index (Phi) is 8.64. The van der Waals surface area contributed by atoms with Gasteiger partial charge < -0.3 is 20.1 Å². The van der Waals surface area contributed by atoms with Crippen molar-refractivity contribution < 1.29 is 23.9 Å². The summed E-state index contributed by atoms with van der Waals surface area (Å²) in [7, 11) is 0. The molecule has 2 N–H and O–H groups in total. The lowest BCUT2D eigenvalue weighted by molar-refractivity contribution is -0.141. The van der Waals surface area contributed by atoms with Crippen LogP contribution in [0.15, 0.2) is 36.4 Å². The van der Waals surface area contributed by atoms with Gasteiger partial charge in [-0.05, 0) is 36.4 Å². The molecule has 0 aliphatic carbocycles. The maximum Gasteiger partial charge on any atom is 0.336 e. The van der Waals surface area contributed by atoms with Crippen LogP contribution < -0.4 is 19.7 Å². The Bertz CT molecular complexity index is 917. The summed E-state index contributed by atoms with van der Waals surface area (Å²) in [5.41, 5.74) is 1.41. The highest BCUT2D eigenvalue weighted by atomic mass is 35.5. The molecule has 0 bridgehead atoms. The van der Waals surface area contributed by atoms with E-state index in [-0.39, 0.29) is 34.9 Å². The Labute approximate surface area is 189 Å². The molecule has 11 heteroatoms. The monoisotopic (exact) mass is 471 g/mol. The molecule has 0 unspecified atom stereocenters. The fourth-order valence-corrected chi connectivity index (χ4v) is 3.02. The van der Waals surface area contributed by atoms with Crippen molar-refractivity contribution >= 4 is 71.0 Å². The lowest BCUT2D eigenvalue weighted by Gasteiger charge is -2.19. The Morgan fingerprint density at radius 3 is 2.00 bits per heavy atom. The second-order valence-electron chi connectivity index (χ2n) is 5.93. The average molecular weight is 472 g/mol. The molecule has 0 radical (unpaired) electrons. The van der Waals surface area contributed by atoms with Crippen molar-refractivity contribution in [1.29, 1.82) is 0 Å². The van der Waals surface area contributed by atoms with Crippen molar-refractivity contribution in [2.24, 2.45) is 0 Å². The molecule has 2 aromatic carbocycles. The number of thiol groups is 1. The summed E-state index contributed by atoms with van der Waals surface area (Å²) in [5, 5.41) is 5.61. The van der Waals surface area contributed by atoms with E-state index in [4.69, 9.17) is 32.7 Å². The van der Waals surface area contributed by atoms with Gasteiger partial charge in [-0.25, -0.2) is 9.10 Å². The molecule has 8 nitrogen and oxygen atoms in total.